The lowest BCUT2D eigenvalue weighted by atomic mass is 9.96. The molecule has 2 nitrogen and oxygen atoms in total. The van der Waals surface area contributed by atoms with E-state index in [1.165, 1.54) is 32.1 Å². The molecule has 1 rings (SSSR count). The number of hydrogen-bond acceptors (Lipinski definition) is 1. The van der Waals surface area contributed by atoms with E-state index in [4.69, 9.17) is 0 Å². The second kappa shape index (κ2) is 6.12. The fourth-order valence-electron chi connectivity index (χ4n) is 1.58. The molecule has 0 N–H and O–H groups in total. The molecule has 14 heavy (non-hydrogen) atoms. The van der Waals surface area contributed by atoms with Crippen LogP contribution in [0.4, 0.5) is 0 Å². The van der Waals surface area contributed by atoms with Crippen LogP contribution in [0.15, 0.2) is 15.4 Å². The number of nitrogens with zero attached hydrogens (tertiary/aromatic N) is 1. The van der Waals surface area contributed by atoms with Crippen molar-refractivity contribution in [1.82, 2.24) is 0 Å². The molecule has 0 saturated heterocycles. The minimum Gasteiger partial charge on any atom is -0.230 e. The highest BCUT2D eigenvalue weighted by Crippen LogP contribution is 2.20. The first-order valence-corrected chi connectivity index (χ1v) is 6.57. The Balaban J connectivity index is 2.22. The highest BCUT2D eigenvalue weighted by atomic mass is 32.2. The lowest BCUT2D eigenvalue weighted by Gasteiger charge is -2.09. The van der Waals surface area contributed by atoms with Gasteiger partial charge in [0.15, 0.2) is 11.0 Å². The maximum Gasteiger partial charge on any atom is 0.165 e. The van der Waals surface area contributed by atoms with Crippen LogP contribution in [-0.4, -0.2) is 10.4 Å². The summed E-state index contributed by atoms with van der Waals surface area (Å²) in [7, 11) is -1.08. The molecule has 80 valence electrons. The molecule has 0 radical (unpaired) electrons. The van der Waals surface area contributed by atoms with Gasteiger partial charge in [-0.3, -0.25) is 0 Å². The van der Waals surface area contributed by atoms with Crippen LogP contribution in [0, 0.1) is 5.92 Å². The van der Waals surface area contributed by atoms with Crippen molar-refractivity contribution >= 4 is 17.2 Å². The molecule has 0 aromatic carbocycles. The summed E-state index contributed by atoms with van der Waals surface area (Å²) in [5.74, 6) is 0.516. The average Bonchev–Trinajstić information content (AvgIpc) is 2.59. The summed E-state index contributed by atoms with van der Waals surface area (Å²) in [5, 5.41) is 1.77. The summed E-state index contributed by atoms with van der Waals surface area (Å²) < 4.78 is 14.8. The third kappa shape index (κ3) is 3.74. The minimum atomic E-state index is -1.08. The van der Waals surface area contributed by atoms with Crippen molar-refractivity contribution in [2.75, 3.05) is 0 Å². The Kier molecular flexibility index (Phi) is 5.09. The SMILES string of the molecule is CCCCCCC(C)C1=CS(=O)N=C1. The van der Waals surface area contributed by atoms with E-state index >= 15 is 0 Å². The van der Waals surface area contributed by atoms with E-state index in [9.17, 15) is 4.21 Å². The van der Waals surface area contributed by atoms with Gasteiger partial charge in [-0.1, -0.05) is 39.5 Å². The molecule has 0 spiro atoms. The van der Waals surface area contributed by atoms with E-state index < -0.39 is 11.0 Å². The summed E-state index contributed by atoms with van der Waals surface area (Å²) in [6.45, 7) is 4.41. The number of unbranched alkanes of at least 4 members (excludes halogenated alkanes) is 3. The minimum absolute atomic E-state index is 0.516. The highest BCUT2D eigenvalue weighted by molar-refractivity contribution is 7.87. The monoisotopic (exact) mass is 213 g/mol. The maximum atomic E-state index is 11.0. The first-order chi connectivity index (χ1) is 6.74. The van der Waals surface area contributed by atoms with Crippen LogP contribution in [-0.2, 0) is 11.0 Å². The highest BCUT2D eigenvalue weighted by Gasteiger charge is 2.12. The van der Waals surface area contributed by atoms with E-state index in [1.54, 1.807) is 11.6 Å². The van der Waals surface area contributed by atoms with E-state index in [1.807, 2.05) is 0 Å². The summed E-state index contributed by atoms with van der Waals surface area (Å²) in [4.78, 5) is 0. The molecule has 2 unspecified atom stereocenters. The summed E-state index contributed by atoms with van der Waals surface area (Å²) in [5.41, 5.74) is 1.15. The summed E-state index contributed by atoms with van der Waals surface area (Å²) in [6, 6.07) is 0. The normalized spacial score (nSPS) is 22.4. The zero-order valence-electron chi connectivity index (χ0n) is 9.03. The largest absolute Gasteiger partial charge is 0.230 e. The second-order valence-electron chi connectivity index (χ2n) is 3.88. The Morgan fingerprint density at radius 1 is 1.43 bits per heavy atom. The number of allylic oxidation sites excluding steroid dienone is 1. The Morgan fingerprint density at radius 3 is 2.79 bits per heavy atom. The lowest BCUT2D eigenvalue weighted by Crippen LogP contribution is -1.99. The molecule has 0 aliphatic carbocycles. The molecule has 0 aromatic heterocycles. The predicted octanol–water partition coefficient (Wildman–Crippen LogP) is 3.22. The lowest BCUT2D eigenvalue weighted by molar-refractivity contribution is 0.554. The Hall–Kier alpha value is -0.440. The molecule has 0 amide bonds. The summed E-state index contributed by atoms with van der Waals surface area (Å²) in [6.07, 6.45) is 8.14. The molecule has 2 atom stereocenters. The van der Waals surface area contributed by atoms with Gasteiger partial charge in [0.2, 0.25) is 0 Å². The van der Waals surface area contributed by atoms with Crippen molar-refractivity contribution in [2.45, 2.75) is 46.0 Å². The van der Waals surface area contributed by atoms with Crippen molar-refractivity contribution in [3.63, 3.8) is 0 Å². The van der Waals surface area contributed by atoms with Gasteiger partial charge in [-0.2, -0.15) is 4.40 Å². The van der Waals surface area contributed by atoms with Crippen molar-refractivity contribution in [1.29, 1.82) is 0 Å². The molecular formula is C11H19NOS. The quantitative estimate of drug-likeness (QED) is 0.623. The molecule has 0 aromatic rings. The van der Waals surface area contributed by atoms with E-state index in [0.717, 1.165) is 5.57 Å². The maximum absolute atomic E-state index is 11.0. The first-order valence-electron chi connectivity index (χ1n) is 5.40. The van der Waals surface area contributed by atoms with Gasteiger partial charge in [0.1, 0.15) is 0 Å². The van der Waals surface area contributed by atoms with Crippen molar-refractivity contribution in [2.24, 2.45) is 10.3 Å². The van der Waals surface area contributed by atoms with Gasteiger partial charge in [-0.25, -0.2) is 4.21 Å². The Labute approximate surface area is 89.1 Å². The van der Waals surface area contributed by atoms with E-state index in [-0.39, 0.29) is 0 Å². The third-order valence-electron chi connectivity index (χ3n) is 2.60. The predicted molar refractivity (Wildman–Crippen MR) is 62.6 cm³/mol. The smallest absolute Gasteiger partial charge is 0.165 e. The average molecular weight is 213 g/mol. The van der Waals surface area contributed by atoms with Gasteiger partial charge in [-0.05, 0) is 17.9 Å². The zero-order chi connectivity index (χ0) is 10.4. The van der Waals surface area contributed by atoms with Gasteiger partial charge in [0.05, 0.1) is 0 Å². The van der Waals surface area contributed by atoms with Crippen LogP contribution >= 0.6 is 0 Å². The fourth-order valence-corrected chi connectivity index (χ4v) is 2.39. The van der Waals surface area contributed by atoms with Crippen LogP contribution in [0.5, 0.6) is 0 Å². The van der Waals surface area contributed by atoms with Crippen LogP contribution in [0.2, 0.25) is 0 Å². The van der Waals surface area contributed by atoms with Gasteiger partial charge in [0.25, 0.3) is 0 Å². The van der Waals surface area contributed by atoms with Crippen LogP contribution in [0.1, 0.15) is 46.0 Å². The van der Waals surface area contributed by atoms with Gasteiger partial charge in [-0.15, -0.1) is 0 Å². The first kappa shape index (κ1) is 11.6. The molecule has 0 saturated carbocycles. The molecule has 0 bridgehead atoms. The van der Waals surface area contributed by atoms with E-state index in [0.29, 0.717) is 5.92 Å². The van der Waals surface area contributed by atoms with E-state index in [2.05, 4.69) is 18.2 Å². The van der Waals surface area contributed by atoms with Crippen molar-refractivity contribution < 1.29 is 4.21 Å². The third-order valence-corrected chi connectivity index (χ3v) is 3.39. The van der Waals surface area contributed by atoms with Gasteiger partial charge >= 0.3 is 0 Å². The standard InChI is InChI=1S/C11H19NOS/c1-3-4-5-6-7-10(2)11-8-12-14(13)9-11/h8-10H,3-7H2,1-2H3. The molecule has 1 heterocycles. The van der Waals surface area contributed by atoms with Crippen LogP contribution in [0.3, 0.4) is 0 Å². The van der Waals surface area contributed by atoms with Gasteiger partial charge < -0.3 is 0 Å². The molecule has 3 heteroatoms. The molecular weight excluding hydrogens is 194 g/mol. The molecule has 1 aliphatic rings. The molecule has 0 fully saturated rings. The fraction of sp³-hybridized carbons (Fsp3) is 0.727. The topological polar surface area (TPSA) is 29.4 Å². The Bertz CT molecular complexity index is 258. The zero-order valence-corrected chi connectivity index (χ0v) is 9.85. The second-order valence-corrected chi connectivity index (χ2v) is 4.88. The Morgan fingerprint density at radius 2 is 2.21 bits per heavy atom. The van der Waals surface area contributed by atoms with Crippen LogP contribution in [0.25, 0.3) is 0 Å². The van der Waals surface area contributed by atoms with Gasteiger partial charge in [0, 0.05) is 11.6 Å². The van der Waals surface area contributed by atoms with Crippen molar-refractivity contribution in [3.8, 4) is 0 Å². The number of hydrogen-bond donors (Lipinski definition) is 0. The van der Waals surface area contributed by atoms with Crippen LogP contribution < -0.4 is 0 Å². The van der Waals surface area contributed by atoms with Crippen molar-refractivity contribution in [3.05, 3.63) is 11.0 Å². The molecule has 1 aliphatic heterocycles. The summed E-state index contributed by atoms with van der Waals surface area (Å²) >= 11 is 0. The number of rotatable bonds is 6.